The first-order valence-electron chi connectivity index (χ1n) is 9.36. The lowest BCUT2D eigenvalue weighted by atomic mass is 9.99. The molecule has 0 unspecified atom stereocenters. The zero-order chi connectivity index (χ0) is 18.5. The number of nitrogens with zero attached hydrogens (tertiary/aromatic N) is 2. The van der Waals surface area contributed by atoms with Gasteiger partial charge >= 0.3 is 0 Å². The predicted molar refractivity (Wildman–Crippen MR) is 114 cm³/mol. The molecule has 1 fully saturated rings. The lowest BCUT2D eigenvalue weighted by Crippen LogP contribution is -2.34. The van der Waals surface area contributed by atoms with Crippen LogP contribution in [0.2, 0.25) is 0 Å². The maximum atomic E-state index is 5.43. The van der Waals surface area contributed by atoms with Gasteiger partial charge in [0.05, 0.1) is 6.04 Å². The lowest BCUT2D eigenvalue weighted by molar-refractivity contribution is 0.447. The Morgan fingerprint density at radius 3 is 2.73 bits per heavy atom. The molecule has 0 aliphatic carbocycles. The quantitative estimate of drug-likeness (QED) is 0.767. The maximum Gasteiger partial charge on any atom is 0.172 e. The Labute approximate surface area is 162 Å². The highest BCUT2D eigenvalue weighted by molar-refractivity contribution is 7.80. The van der Waals surface area contributed by atoms with Crippen molar-refractivity contribution in [3.05, 3.63) is 53.7 Å². The molecule has 1 aromatic heterocycles. The first kappa shape index (κ1) is 18.6. The SMILES string of the molecule is Cc1ccnc(NC(=S)N[C@H](C)c2ccc(N3CCC[C@@H](C)C3)cc2)c1. The summed E-state index contributed by atoms with van der Waals surface area (Å²) in [4.78, 5) is 6.78. The molecule has 2 heterocycles. The molecular weight excluding hydrogens is 340 g/mol. The average molecular weight is 369 g/mol. The highest BCUT2D eigenvalue weighted by atomic mass is 32.1. The van der Waals surface area contributed by atoms with Gasteiger partial charge in [-0.05, 0) is 80.2 Å². The monoisotopic (exact) mass is 368 g/mol. The van der Waals surface area contributed by atoms with E-state index in [4.69, 9.17) is 12.2 Å². The second-order valence-electron chi connectivity index (χ2n) is 7.32. The molecule has 4 nitrogen and oxygen atoms in total. The average Bonchev–Trinajstić information content (AvgIpc) is 2.61. The van der Waals surface area contributed by atoms with E-state index in [-0.39, 0.29) is 6.04 Å². The molecule has 2 aromatic rings. The molecule has 0 amide bonds. The molecule has 1 saturated heterocycles. The van der Waals surface area contributed by atoms with Gasteiger partial charge in [-0.3, -0.25) is 0 Å². The standard InChI is InChI=1S/C21H28N4S/c1-15-10-11-22-20(13-15)24-21(26)23-17(3)18-6-8-19(9-7-18)25-12-4-5-16(2)14-25/h6-11,13,16-17H,4-5,12,14H2,1-3H3,(H2,22,23,24,26)/t16-,17-/m1/s1. The van der Waals surface area contributed by atoms with Crippen molar-refractivity contribution in [2.75, 3.05) is 23.3 Å². The van der Waals surface area contributed by atoms with E-state index < -0.39 is 0 Å². The molecule has 5 heteroatoms. The number of rotatable bonds is 4. The largest absolute Gasteiger partial charge is 0.371 e. The minimum absolute atomic E-state index is 0.133. The second kappa shape index (κ2) is 8.49. The zero-order valence-corrected chi connectivity index (χ0v) is 16.6. The summed E-state index contributed by atoms with van der Waals surface area (Å²) >= 11 is 5.43. The van der Waals surface area contributed by atoms with Crippen molar-refractivity contribution < 1.29 is 0 Å². The normalized spacial score (nSPS) is 18.3. The molecule has 3 rings (SSSR count). The molecule has 1 aliphatic rings. The van der Waals surface area contributed by atoms with Gasteiger partial charge in [-0.25, -0.2) is 4.98 Å². The topological polar surface area (TPSA) is 40.2 Å². The molecule has 1 aliphatic heterocycles. The highest BCUT2D eigenvalue weighted by Crippen LogP contribution is 2.24. The molecular formula is C21H28N4S. The van der Waals surface area contributed by atoms with E-state index in [1.807, 2.05) is 19.1 Å². The van der Waals surface area contributed by atoms with Crippen LogP contribution < -0.4 is 15.5 Å². The van der Waals surface area contributed by atoms with Crippen LogP contribution in [-0.4, -0.2) is 23.2 Å². The first-order chi connectivity index (χ1) is 12.5. The first-order valence-corrected chi connectivity index (χ1v) is 9.77. The van der Waals surface area contributed by atoms with Crippen LogP contribution in [0.15, 0.2) is 42.6 Å². The van der Waals surface area contributed by atoms with Gasteiger partial charge in [-0.1, -0.05) is 19.1 Å². The van der Waals surface area contributed by atoms with Crippen molar-refractivity contribution in [2.24, 2.45) is 5.92 Å². The Kier molecular flexibility index (Phi) is 6.09. The number of aryl methyl sites for hydroxylation is 1. The molecule has 0 spiro atoms. The van der Waals surface area contributed by atoms with E-state index in [2.05, 4.69) is 58.6 Å². The number of anilines is 2. The molecule has 1 aromatic carbocycles. The Balaban J connectivity index is 1.57. The second-order valence-corrected chi connectivity index (χ2v) is 7.73. The fraction of sp³-hybridized carbons (Fsp3) is 0.429. The fourth-order valence-electron chi connectivity index (χ4n) is 3.43. The summed E-state index contributed by atoms with van der Waals surface area (Å²) in [6.45, 7) is 8.81. The van der Waals surface area contributed by atoms with Crippen molar-refractivity contribution in [2.45, 2.75) is 39.7 Å². The Morgan fingerprint density at radius 1 is 1.27 bits per heavy atom. The van der Waals surface area contributed by atoms with Crippen molar-refractivity contribution >= 4 is 28.8 Å². The molecule has 0 radical (unpaired) electrons. The summed E-state index contributed by atoms with van der Waals surface area (Å²) in [5, 5.41) is 7.08. The Hall–Kier alpha value is -2.14. The van der Waals surface area contributed by atoms with E-state index in [0.29, 0.717) is 5.11 Å². The predicted octanol–water partition coefficient (Wildman–Crippen LogP) is 4.67. The number of thiocarbonyl (C=S) groups is 1. The van der Waals surface area contributed by atoms with Gasteiger partial charge in [0.15, 0.2) is 5.11 Å². The molecule has 2 N–H and O–H groups in total. The van der Waals surface area contributed by atoms with Gasteiger partial charge in [0.2, 0.25) is 0 Å². The summed E-state index contributed by atoms with van der Waals surface area (Å²) in [6.07, 6.45) is 4.41. The number of piperidine rings is 1. The summed E-state index contributed by atoms with van der Waals surface area (Å²) in [7, 11) is 0. The fourth-order valence-corrected chi connectivity index (χ4v) is 3.72. The number of aromatic nitrogens is 1. The van der Waals surface area contributed by atoms with Crippen LogP contribution in [0.5, 0.6) is 0 Å². The van der Waals surface area contributed by atoms with Crippen LogP contribution in [0.25, 0.3) is 0 Å². The lowest BCUT2D eigenvalue weighted by Gasteiger charge is -2.33. The van der Waals surface area contributed by atoms with Gasteiger partial charge in [0.25, 0.3) is 0 Å². The van der Waals surface area contributed by atoms with Crippen molar-refractivity contribution in [3.63, 3.8) is 0 Å². The highest BCUT2D eigenvalue weighted by Gasteiger charge is 2.17. The third-order valence-electron chi connectivity index (χ3n) is 4.92. The minimum Gasteiger partial charge on any atom is -0.371 e. The molecule has 26 heavy (non-hydrogen) atoms. The Bertz CT molecular complexity index is 744. The Morgan fingerprint density at radius 2 is 2.04 bits per heavy atom. The van der Waals surface area contributed by atoms with Crippen LogP contribution in [0.4, 0.5) is 11.5 Å². The van der Waals surface area contributed by atoms with Gasteiger partial charge in [0, 0.05) is 25.0 Å². The van der Waals surface area contributed by atoms with Gasteiger partial charge in [-0.2, -0.15) is 0 Å². The van der Waals surface area contributed by atoms with Crippen LogP contribution in [0.1, 0.15) is 43.9 Å². The van der Waals surface area contributed by atoms with E-state index in [9.17, 15) is 0 Å². The summed E-state index contributed by atoms with van der Waals surface area (Å²) in [6, 6.07) is 12.9. The van der Waals surface area contributed by atoms with Gasteiger partial charge < -0.3 is 15.5 Å². The number of hydrogen-bond donors (Lipinski definition) is 2. The molecule has 2 atom stereocenters. The maximum absolute atomic E-state index is 5.43. The molecule has 0 bridgehead atoms. The van der Waals surface area contributed by atoms with Gasteiger partial charge in [0.1, 0.15) is 5.82 Å². The third-order valence-corrected chi connectivity index (χ3v) is 5.14. The number of hydrogen-bond acceptors (Lipinski definition) is 3. The summed E-state index contributed by atoms with van der Waals surface area (Å²) in [5.41, 5.74) is 3.69. The minimum atomic E-state index is 0.133. The molecule has 138 valence electrons. The zero-order valence-electron chi connectivity index (χ0n) is 15.8. The van der Waals surface area contributed by atoms with Gasteiger partial charge in [-0.15, -0.1) is 0 Å². The summed E-state index contributed by atoms with van der Waals surface area (Å²) in [5.74, 6) is 1.55. The number of nitrogens with one attached hydrogen (secondary N) is 2. The molecule has 0 saturated carbocycles. The summed E-state index contributed by atoms with van der Waals surface area (Å²) < 4.78 is 0. The van der Waals surface area contributed by atoms with E-state index in [1.54, 1.807) is 6.20 Å². The van der Waals surface area contributed by atoms with Crippen molar-refractivity contribution in [1.82, 2.24) is 10.3 Å². The van der Waals surface area contributed by atoms with Crippen LogP contribution in [0, 0.1) is 12.8 Å². The van der Waals surface area contributed by atoms with Crippen molar-refractivity contribution in [3.8, 4) is 0 Å². The van der Waals surface area contributed by atoms with E-state index >= 15 is 0 Å². The van der Waals surface area contributed by atoms with E-state index in [0.717, 1.165) is 30.4 Å². The smallest absolute Gasteiger partial charge is 0.172 e. The number of pyridine rings is 1. The third kappa shape index (κ3) is 4.94. The van der Waals surface area contributed by atoms with Crippen LogP contribution in [0.3, 0.4) is 0 Å². The van der Waals surface area contributed by atoms with Crippen LogP contribution in [-0.2, 0) is 0 Å². The van der Waals surface area contributed by atoms with Crippen LogP contribution >= 0.6 is 12.2 Å². The van der Waals surface area contributed by atoms with E-state index in [1.165, 1.54) is 24.1 Å². The number of benzene rings is 1. The van der Waals surface area contributed by atoms with Crippen molar-refractivity contribution in [1.29, 1.82) is 0 Å².